The van der Waals surface area contributed by atoms with Crippen molar-refractivity contribution >= 4 is 28.5 Å². The Bertz CT molecular complexity index is 360. The molecule has 0 saturated heterocycles. The van der Waals surface area contributed by atoms with E-state index in [9.17, 15) is 4.79 Å². The Hall–Kier alpha value is -0.840. The average Bonchev–Trinajstić information content (AvgIpc) is 2.14. The largest absolute Gasteiger partial charge is 0.349 e. The predicted molar refractivity (Wildman–Crippen MR) is 66.4 cm³/mol. The molecule has 1 N–H and O–H groups in total. The van der Waals surface area contributed by atoms with Crippen molar-refractivity contribution in [2.24, 2.45) is 0 Å². The normalized spacial score (nSPS) is 9.57. The van der Waals surface area contributed by atoms with Crippen LogP contribution in [0.2, 0.25) is 0 Å². The lowest BCUT2D eigenvalue weighted by Gasteiger charge is -2.05. The molecule has 14 heavy (non-hydrogen) atoms. The van der Waals surface area contributed by atoms with Gasteiger partial charge in [0.15, 0.2) is 0 Å². The molecular weight excluding hydrogens is 289 g/mol. The van der Waals surface area contributed by atoms with Crippen molar-refractivity contribution in [2.75, 3.05) is 6.54 Å². The maximum Gasteiger partial charge on any atom is 0.252 e. The highest BCUT2D eigenvalue weighted by atomic mass is 127. The van der Waals surface area contributed by atoms with Gasteiger partial charge in [0.1, 0.15) is 0 Å². The molecule has 0 atom stereocenters. The Balaban J connectivity index is 2.84. The van der Waals surface area contributed by atoms with Crippen LogP contribution in [-0.2, 0) is 0 Å². The monoisotopic (exact) mass is 301 g/mol. The Morgan fingerprint density at radius 2 is 2.36 bits per heavy atom. The number of rotatable bonds is 3. The van der Waals surface area contributed by atoms with E-state index in [-0.39, 0.29) is 5.91 Å². The van der Waals surface area contributed by atoms with Crippen LogP contribution in [0.15, 0.2) is 30.9 Å². The molecule has 0 bridgehead atoms. The molecule has 2 nitrogen and oxygen atoms in total. The molecule has 3 heteroatoms. The smallest absolute Gasteiger partial charge is 0.252 e. The van der Waals surface area contributed by atoms with Crippen LogP contribution in [0, 0.1) is 10.5 Å². The molecule has 1 amide bonds. The lowest BCUT2D eigenvalue weighted by molar-refractivity contribution is 0.0957. The second-order valence-corrected chi connectivity index (χ2v) is 4.14. The molecular formula is C11H12INO. The van der Waals surface area contributed by atoms with Gasteiger partial charge in [-0.1, -0.05) is 17.7 Å². The van der Waals surface area contributed by atoms with E-state index >= 15 is 0 Å². The summed E-state index contributed by atoms with van der Waals surface area (Å²) in [6, 6.07) is 5.77. The third-order valence-corrected chi connectivity index (χ3v) is 2.67. The summed E-state index contributed by atoms with van der Waals surface area (Å²) in [7, 11) is 0. The molecule has 0 fully saturated rings. The summed E-state index contributed by atoms with van der Waals surface area (Å²) < 4.78 is 0.976. The minimum Gasteiger partial charge on any atom is -0.349 e. The number of carbonyl (C=O) groups is 1. The van der Waals surface area contributed by atoms with Crippen LogP contribution in [0.4, 0.5) is 0 Å². The fraction of sp³-hybridized carbons (Fsp3) is 0.182. The number of amides is 1. The number of carbonyl (C=O) groups excluding carboxylic acids is 1. The third-order valence-electron chi connectivity index (χ3n) is 1.78. The van der Waals surface area contributed by atoms with E-state index in [0.717, 1.165) is 14.7 Å². The average molecular weight is 301 g/mol. The van der Waals surface area contributed by atoms with Gasteiger partial charge in [0.25, 0.3) is 5.91 Å². The highest BCUT2D eigenvalue weighted by Crippen LogP contribution is 2.13. The first-order chi connectivity index (χ1) is 6.65. The molecule has 0 aliphatic rings. The molecule has 0 unspecified atom stereocenters. The summed E-state index contributed by atoms with van der Waals surface area (Å²) in [5.41, 5.74) is 1.88. The quantitative estimate of drug-likeness (QED) is 0.674. The first-order valence-electron chi connectivity index (χ1n) is 4.30. The van der Waals surface area contributed by atoms with E-state index in [4.69, 9.17) is 0 Å². The number of hydrogen-bond acceptors (Lipinski definition) is 1. The van der Waals surface area contributed by atoms with E-state index < -0.39 is 0 Å². The summed E-state index contributed by atoms with van der Waals surface area (Å²) in [5, 5.41) is 2.75. The van der Waals surface area contributed by atoms with Crippen molar-refractivity contribution in [1.82, 2.24) is 5.32 Å². The molecule has 0 heterocycles. The number of halogens is 1. The van der Waals surface area contributed by atoms with Gasteiger partial charge in [0, 0.05) is 10.1 Å². The molecule has 0 aliphatic heterocycles. The van der Waals surface area contributed by atoms with Crippen LogP contribution in [-0.4, -0.2) is 12.5 Å². The van der Waals surface area contributed by atoms with E-state index in [1.165, 1.54) is 0 Å². The van der Waals surface area contributed by atoms with E-state index in [1.54, 1.807) is 6.08 Å². The molecule has 74 valence electrons. The zero-order chi connectivity index (χ0) is 10.6. The zero-order valence-electron chi connectivity index (χ0n) is 8.01. The molecule has 0 aromatic heterocycles. The minimum atomic E-state index is -0.0469. The SMILES string of the molecule is C=CCNC(=O)c1ccc(C)cc1I. The highest BCUT2D eigenvalue weighted by Gasteiger charge is 2.07. The van der Waals surface area contributed by atoms with E-state index in [2.05, 4.69) is 34.5 Å². The summed E-state index contributed by atoms with van der Waals surface area (Å²) >= 11 is 2.17. The Morgan fingerprint density at radius 1 is 1.64 bits per heavy atom. The second-order valence-electron chi connectivity index (χ2n) is 2.98. The van der Waals surface area contributed by atoms with Gasteiger partial charge < -0.3 is 5.32 Å². The molecule has 1 aromatic carbocycles. The van der Waals surface area contributed by atoms with Gasteiger partial charge in [-0.3, -0.25) is 4.79 Å². The van der Waals surface area contributed by atoms with Gasteiger partial charge in [0.2, 0.25) is 0 Å². The number of aryl methyl sites for hydroxylation is 1. The zero-order valence-corrected chi connectivity index (χ0v) is 10.2. The standard InChI is InChI=1S/C11H12INO/c1-3-6-13-11(14)9-5-4-8(2)7-10(9)12/h3-5,7H,1,6H2,2H3,(H,13,14). The summed E-state index contributed by atoms with van der Waals surface area (Å²) in [4.78, 5) is 11.6. The number of nitrogens with one attached hydrogen (secondary N) is 1. The van der Waals surface area contributed by atoms with Crippen molar-refractivity contribution in [3.63, 3.8) is 0 Å². The van der Waals surface area contributed by atoms with Gasteiger partial charge in [-0.25, -0.2) is 0 Å². The summed E-state index contributed by atoms with van der Waals surface area (Å²) in [5.74, 6) is -0.0469. The van der Waals surface area contributed by atoms with Crippen molar-refractivity contribution in [3.8, 4) is 0 Å². The fourth-order valence-corrected chi connectivity index (χ4v) is 1.98. The fourth-order valence-electron chi connectivity index (χ4n) is 1.06. The van der Waals surface area contributed by atoms with E-state index in [0.29, 0.717) is 6.54 Å². The Morgan fingerprint density at radius 3 is 2.93 bits per heavy atom. The molecule has 0 radical (unpaired) electrons. The van der Waals surface area contributed by atoms with Crippen molar-refractivity contribution in [3.05, 3.63) is 45.6 Å². The maximum absolute atomic E-state index is 11.6. The van der Waals surface area contributed by atoms with Crippen LogP contribution in [0.3, 0.4) is 0 Å². The van der Waals surface area contributed by atoms with Crippen LogP contribution >= 0.6 is 22.6 Å². The minimum absolute atomic E-state index is 0.0469. The molecule has 1 aromatic rings. The van der Waals surface area contributed by atoms with E-state index in [1.807, 2.05) is 25.1 Å². The van der Waals surface area contributed by atoms with Crippen LogP contribution in [0.5, 0.6) is 0 Å². The van der Waals surface area contributed by atoms with Gasteiger partial charge in [-0.2, -0.15) is 0 Å². The van der Waals surface area contributed by atoms with Crippen LogP contribution in [0.25, 0.3) is 0 Å². The topological polar surface area (TPSA) is 29.1 Å². The summed E-state index contributed by atoms with van der Waals surface area (Å²) in [6.07, 6.45) is 1.67. The molecule has 1 rings (SSSR count). The van der Waals surface area contributed by atoms with Crippen molar-refractivity contribution in [2.45, 2.75) is 6.92 Å². The molecule has 0 aliphatic carbocycles. The predicted octanol–water partition coefficient (Wildman–Crippen LogP) is 2.52. The van der Waals surface area contributed by atoms with Gasteiger partial charge in [-0.05, 0) is 41.6 Å². The van der Waals surface area contributed by atoms with Gasteiger partial charge in [-0.15, -0.1) is 6.58 Å². The Labute approximate surface area is 97.5 Å². The molecule has 0 saturated carbocycles. The lowest BCUT2D eigenvalue weighted by Crippen LogP contribution is -2.24. The highest BCUT2D eigenvalue weighted by molar-refractivity contribution is 14.1. The first kappa shape index (κ1) is 11.2. The first-order valence-corrected chi connectivity index (χ1v) is 5.38. The summed E-state index contributed by atoms with van der Waals surface area (Å²) in [6.45, 7) is 6.06. The van der Waals surface area contributed by atoms with Gasteiger partial charge >= 0.3 is 0 Å². The number of hydrogen-bond donors (Lipinski definition) is 1. The Kier molecular flexibility index (Phi) is 4.13. The maximum atomic E-state index is 11.6. The van der Waals surface area contributed by atoms with Crippen molar-refractivity contribution in [1.29, 1.82) is 0 Å². The number of benzene rings is 1. The van der Waals surface area contributed by atoms with Crippen LogP contribution in [0.1, 0.15) is 15.9 Å². The van der Waals surface area contributed by atoms with Crippen molar-refractivity contribution < 1.29 is 4.79 Å². The third kappa shape index (κ3) is 2.83. The molecule has 0 spiro atoms. The van der Waals surface area contributed by atoms with Gasteiger partial charge in [0.05, 0.1) is 5.56 Å². The lowest BCUT2D eigenvalue weighted by atomic mass is 10.1. The van der Waals surface area contributed by atoms with Crippen LogP contribution < -0.4 is 5.32 Å². The second kappa shape index (κ2) is 5.14.